The fourth-order valence-corrected chi connectivity index (χ4v) is 2.36. The first-order valence-electron chi connectivity index (χ1n) is 6.20. The predicted molar refractivity (Wildman–Crippen MR) is 83.7 cm³/mol. The molecule has 0 fully saturated rings. The second kappa shape index (κ2) is 6.33. The van der Waals surface area contributed by atoms with Crippen molar-refractivity contribution in [1.82, 2.24) is 0 Å². The molecule has 0 saturated heterocycles. The molecule has 0 amide bonds. The third kappa shape index (κ3) is 3.46. The minimum atomic E-state index is -0.429. The smallest absolute Gasteiger partial charge is 0.276 e. The Morgan fingerprint density at radius 3 is 2.48 bits per heavy atom. The van der Waals surface area contributed by atoms with Gasteiger partial charge < -0.3 is 4.74 Å². The number of aryl methyl sites for hydroxylation is 2. The van der Waals surface area contributed by atoms with Crippen molar-refractivity contribution in [2.75, 3.05) is 0 Å². The maximum atomic E-state index is 11.0. The van der Waals surface area contributed by atoms with Gasteiger partial charge in [0.2, 0.25) is 0 Å². The van der Waals surface area contributed by atoms with Gasteiger partial charge in [-0.05, 0) is 37.6 Å². The average molecular weight is 326 g/mol. The molecule has 0 aliphatic carbocycles. The van der Waals surface area contributed by atoms with Gasteiger partial charge in [0.1, 0.15) is 11.5 Å². The topological polar surface area (TPSA) is 52.4 Å². The van der Waals surface area contributed by atoms with E-state index in [2.05, 4.69) is 0 Å². The summed E-state index contributed by atoms with van der Waals surface area (Å²) in [6.45, 7) is 3.52. The minimum absolute atomic E-state index is 0.0186. The van der Waals surface area contributed by atoms with Crippen LogP contribution < -0.4 is 4.74 Å². The number of hydrogen-bond donors (Lipinski definition) is 0. The summed E-state index contributed by atoms with van der Waals surface area (Å²) in [4.78, 5) is 10.6. The molecule has 110 valence electrons. The van der Waals surface area contributed by atoms with Gasteiger partial charge in [0, 0.05) is 16.1 Å². The Balaban J connectivity index is 2.46. The van der Waals surface area contributed by atoms with Crippen molar-refractivity contribution in [3.63, 3.8) is 0 Å². The molecule has 0 spiro atoms. The number of nitro benzene ring substituents is 1. The summed E-state index contributed by atoms with van der Waals surface area (Å²) < 4.78 is 5.78. The van der Waals surface area contributed by atoms with Gasteiger partial charge in [0.15, 0.2) is 0 Å². The van der Waals surface area contributed by atoms with Gasteiger partial charge in [-0.25, -0.2) is 0 Å². The molecule has 2 rings (SSSR count). The zero-order valence-corrected chi connectivity index (χ0v) is 13.0. The van der Waals surface area contributed by atoms with E-state index in [0.29, 0.717) is 22.1 Å². The molecule has 6 heteroatoms. The fourth-order valence-electron chi connectivity index (χ4n) is 1.98. The van der Waals surface area contributed by atoms with Gasteiger partial charge in [0.05, 0.1) is 16.9 Å². The molecule has 0 bridgehead atoms. The van der Waals surface area contributed by atoms with E-state index in [0.717, 1.165) is 11.1 Å². The monoisotopic (exact) mass is 325 g/mol. The molecule has 21 heavy (non-hydrogen) atoms. The number of halogens is 2. The SMILES string of the molecule is Cc1cc(C)c([N+](=O)[O-])cc1Oc1cc(Cl)ccc1CCl. The summed E-state index contributed by atoms with van der Waals surface area (Å²) in [6, 6.07) is 8.27. The molecule has 0 N–H and O–H groups in total. The molecular weight excluding hydrogens is 313 g/mol. The summed E-state index contributed by atoms with van der Waals surface area (Å²) in [5.74, 6) is 1.18. The van der Waals surface area contributed by atoms with Crippen LogP contribution in [-0.4, -0.2) is 4.92 Å². The second-order valence-electron chi connectivity index (χ2n) is 4.65. The van der Waals surface area contributed by atoms with E-state index in [9.17, 15) is 10.1 Å². The lowest BCUT2D eigenvalue weighted by atomic mass is 10.1. The molecule has 0 atom stereocenters. The van der Waals surface area contributed by atoms with Crippen molar-refractivity contribution in [2.45, 2.75) is 19.7 Å². The molecule has 2 aromatic rings. The lowest BCUT2D eigenvalue weighted by Crippen LogP contribution is -1.96. The first-order valence-corrected chi connectivity index (χ1v) is 7.11. The number of nitrogens with zero attached hydrogens (tertiary/aromatic N) is 1. The van der Waals surface area contributed by atoms with Crippen LogP contribution in [0.4, 0.5) is 5.69 Å². The van der Waals surface area contributed by atoms with Crippen molar-refractivity contribution in [1.29, 1.82) is 0 Å². The van der Waals surface area contributed by atoms with Crippen LogP contribution in [0, 0.1) is 24.0 Å². The largest absolute Gasteiger partial charge is 0.456 e. The van der Waals surface area contributed by atoms with Crippen LogP contribution in [0.3, 0.4) is 0 Å². The van der Waals surface area contributed by atoms with Gasteiger partial charge in [-0.15, -0.1) is 11.6 Å². The zero-order valence-electron chi connectivity index (χ0n) is 11.5. The number of benzene rings is 2. The number of nitro groups is 1. The van der Waals surface area contributed by atoms with E-state index in [1.807, 2.05) is 6.92 Å². The molecule has 4 nitrogen and oxygen atoms in total. The first-order chi connectivity index (χ1) is 9.92. The summed E-state index contributed by atoms with van der Waals surface area (Å²) in [5, 5.41) is 11.5. The van der Waals surface area contributed by atoms with Crippen molar-refractivity contribution >= 4 is 28.9 Å². The molecule has 0 radical (unpaired) electrons. The number of hydrogen-bond acceptors (Lipinski definition) is 3. The standard InChI is InChI=1S/C15H13Cl2NO3/c1-9-5-10(2)14(7-13(9)18(19)20)21-15-6-12(17)4-3-11(15)8-16/h3-7H,8H2,1-2H3. The molecule has 0 unspecified atom stereocenters. The lowest BCUT2D eigenvalue weighted by Gasteiger charge is -2.13. The molecule has 0 heterocycles. The van der Waals surface area contributed by atoms with E-state index >= 15 is 0 Å². The second-order valence-corrected chi connectivity index (χ2v) is 5.35. The van der Waals surface area contributed by atoms with Gasteiger partial charge in [-0.3, -0.25) is 10.1 Å². The number of ether oxygens (including phenoxy) is 1. The highest BCUT2D eigenvalue weighted by Crippen LogP contribution is 2.34. The predicted octanol–water partition coefficient (Wildman–Crippen LogP) is 5.40. The third-order valence-electron chi connectivity index (χ3n) is 3.08. The highest BCUT2D eigenvalue weighted by atomic mass is 35.5. The average Bonchev–Trinajstić information content (AvgIpc) is 2.41. The van der Waals surface area contributed by atoms with Crippen LogP contribution in [0.25, 0.3) is 0 Å². The summed E-state index contributed by atoms with van der Waals surface area (Å²) >= 11 is 11.8. The lowest BCUT2D eigenvalue weighted by molar-refractivity contribution is -0.385. The Labute approximate surface area is 132 Å². The van der Waals surface area contributed by atoms with E-state index in [1.54, 1.807) is 31.2 Å². The van der Waals surface area contributed by atoms with Crippen LogP contribution >= 0.6 is 23.2 Å². The van der Waals surface area contributed by atoms with E-state index < -0.39 is 4.92 Å². The molecule has 0 aliphatic heterocycles. The maximum absolute atomic E-state index is 11.0. The highest BCUT2D eigenvalue weighted by Gasteiger charge is 2.16. The van der Waals surface area contributed by atoms with Gasteiger partial charge in [-0.1, -0.05) is 17.7 Å². The zero-order chi connectivity index (χ0) is 15.6. The number of alkyl halides is 1. The van der Waals surface area contributed by atoms with E-state index in [4.69, 9.17) is 27.9 Å². The van der Waals surface area contributed by atoms with Crippen LogP contribution in [0.2, 0.25) is 5.02 Å². The Bertz CT molecular complexity index is 702. The van der Waals surface area contributed by atoms with Crippen LogP contribution in [0.1, 0.15) is 16.7 Å². The molecular formula is C15H13Cl2NO3. The highest BCUT2D eigenvalue weighted by molar-refractivity contribution is 6.30. The van der Waals surface area contributed by atoms with Gasteiger partial charge in [-0.2, -0.15) is 0 Å². The third-order valence-corrected chi connectivity index (χ3v) is 3.61. The number of rotatable bonds is 4. The molecule has 0 saturated carbocycles. The van der Waals surface area contributed by atoms with Crippen LogP contribution in [0.5, 0.6) is 11.5 Å². The Kier molecular flexibility index (Phi) is 4.70. The van der Waals surface area contributed by atoms with Crippen molar-refractivity contribution in [3.05, 3.63) is 62.2 Å². The van der Waals surface area contributed by atoms with Gasteiger partial charge in [0.25, 0.3) is 5.69 Å². The van der Waals surface area contributed by atoms with E-state index in [-0.39, 0.29) is 11.6 Å². The summed E-state index contributed by atoms with van der Waals surface area (Å²) in [5.41, 5.74) is 2.18. The first kappa shape index (κ1) is 15.6. The Morgan fingerprint density at radius 2 is 1.86 bits per heavy atom. The minimum Gasteiger partial charge on any atom is -0.456 e. The Morgan fingerprint density at radius 1 is 1.14 bits per heavy atom. The summed E-state index contributed by atoms with van der Waals surface area (Å²) in [6.07, 6.45) is 0. The fraction of sp³-hybridized carbons (Fsp3) is 0.200. The van der Waals surface area contributed by atoms with Crippen molar-refractivity contribution in [2.24, 2.45) is 0 Å². The normalized spacial score (nSPS) is 10.5. The van der Waals surface area contributed by atoms with Crippen LogP contribution in [0.15, 0.2) is 30.3 Å². The maximum Gasteiger partial charge on any atom is 0.276 e. The van der Waals surface area contributed by atoms with Crippen LogP contribution in [-0.2, 0) is 5.88 Å². The summed E-state index contributed by atoms with van der Waals surface area (Å²) in [7, 11) is 0. The van der Waals surface area contributed by atoms with Gasteiger partial charge >= 0.3 is 0 Å². The van der Waals surface area contributed by atoms with Crippen molar-refractivity contribution < 1.29 is 9.66 Å². The molecule has 0 aliphatic rings. The van der Waals surface area contributed by atoms with E-state index in [1.165, 1.54) is 6.07 Å². The Hall–Kier alpha value is -1.78. The van der Waals surface area contributed by atoms with Crippen molar-refractivity contribution in [3.8, 4) is 11.5 Å². The molecule has 0 aromatic heterocycles. The molecule has 2 aromatic carbocycles. The quantitative estimate of drug-likeness (QED) is 0.430.